The Balaban J connectivity index is 2.37. The molecule has 9 heavy (non-hydrogen) atoms. The van der Waals surface area contributed by atoms with Crippen LogP contribution in [0.4, 0.5) is 0 Å². The first-order valence-electron chi connectivity index (χ1n) is 2.86. The van der Waals surface area contributed by atoms with Crippen molar-refractivity contribution in [1.82, 2.24) is 0 Å². The first kappa shape index (κ1) is 7.12. The van der Waals surface area contributed by atoms with Crippen molar-refractivity contribution in [3.63, 3.8) is 0 Å². The third-order valence-electron chi connectivity index (χ3n) is 1.32. The number of terminal acetylenes is 1. The highest BCUT2D eigenvalue weighted by molar-refractivity contribution is 8.51. The van der Waals surface area contributed by atoms with E-state index in [0.717, 1.165) is 18.3 Å². The lowest BCUT2D eigenvalue weighted by Gasteiger charge is -2.05. The molecule has 1 rings (SSSR count). The molecule has 0 amide bonds. The van der Waals surface area contributed by atoms with Gasteiger partial charge in [0.05, 0.1) is 5.75 Å². The smallest absolute Gasteiger partial charge is 0.120 e. The van der Waals surface area contributed by atoms with E-state index in [1.807, 2.05) is 0 Å². The molecular formula is C6H8OPS+. The fraction of sp³-hybridized carbons (Fsp3) is 0.667. The summed E-state index contributed by atoms with van der Waals surface area (Å²) in [5.41, 5.74) is 0. The first-order chi connectivity index (χ1) is 4.33. The molecule has 1 saturated heterocycles. The van der Waals surface area contributed by atoms with Crippen LogP contribution < -0.4 is 0 Å². The molecule has 0 saturated carbocycles. The highest BCUT2D eigenvalue weighted by atomic mass is 32.7. The van der Waals surface area contributed by atoms with Gasteiger partial charge in [-0.3, -0.25) is 0 Å². The van der Waals surface area contributed by atoms with Crippen molar-refractivity contribution >= 4 is 18.4 Å². The average molecular weight is 159 g/mol. The average Bonchev–Trinajstić information content (AvgIpc) is 1.90. The molecule has 2 atom stereocenters. The second-order valence-electron chi connectivity index (χ2n) is 2.00. The van der Waals surface area contributed by atoms with Crippen LogP contribution in [0, 0.1) is 18.3 Å². The summed E-state index contributed by atoms with van der Waals surface area (Å²) in [7, 11) is -0.953. The van der Waals surface area contributed by atoms with Crippen LogP contribution in [0.2, 0.25) is 0 Å². The highest BCUT2D eigenvalue weighted by Gasteiger charge is 2.27. The van der Waals surface area contributed by atoms with Crippen LogP contribution in [-0.4, -0.2) is 11.9 Å². The molecule has 0 spiro atoms. The van der Waals surface area contributed by atoms with Gasteiger partial charge in [-0.1, -0.05) is 4.57 Å². The lowest BCUT2D eigenvalue weighted by molar-refractivity contribution is 0.589. The Morgan fingerprint density at radius 2 is 2.56 bits per heavy atom. The van der Waals surface area contributed by atoms with E-state index < -0.39 is 7.00 Å². The number of rotatable bonds is 0. The van der Waals surface area contributed by atoms with E-state index >= 15 is 0 Å². The number of hydrogen-bond acceptors (Lipinski definition) is 2. The van der Waals surface area contributed by atoms with Crippen molar-refractivity contribution in [1.29, 1.82) is 0 Å². The zero-order valence-corrected chi connectivity index (χ0v) is 6.75. The second kappa shape index (κ2) is 3.25. The van der Waals surface area contributed by atoms with Crippen LogP contribution in [0.5, 0.6) is 0 Å². The van der Waals surface area contributed by atoms with E-state index in [1.165, 1.54) is 11.4 Å². The van der Waals surface area contributed by atoms with E-state index in [2.05, 4.69) is 5.92 Å². The number of hydrogen-bond donors (Lipinski definition) is 0. The minimum Gasteiger partial charge on any atom is -0.120 e. The van der Waals surface area contributed by atoms with Gasteiger partial charge in [0, 0.05) is 12.3 Å². The third-order valence-corrected chi connectivity index (χ3v) is 4.64. The van der Waals surface area contributed by atoms with Crippen molar-refractivity contribution in [2.45, 2.75) is 6.42 Å². The zero-order valence-electron chi connectivity index (χ0n) is 5.04. The Morgan fingerprint density at radius 1 is 1.78 bits per heavy atom. The van der Waals surface area contributed by atoms with E-state index in [4.69, 9.17) is 6.42 Å². The molecule has 3 heteroatoms. The Morgan fingerprint density at radius 3 is 3.00 bits per heavy atom. The van der Waals surface area contributed by atoms with Crippen LogP contribution in [0.1, 0.15) is 6.42 Å². The summed E-state index contributed by atoms with van der Waals surface area (Å²) < 4.78 is 10.8. The van der Waals surface area contributed by atoms with E-state index in [0.29, 0.717) is 5.92 Å². The highest BCUT2D eigenvalue weighted by Crippen LogP contribution is 2.44. The Bertz CT molecular complexity index is 151. The van der Waals surface area contributed by atoms with Crippen LogP contribution in [0.15, 0.2) is 0 Å². The largest absolute Gasteiger partial charge is 0.410 e. The summed E-state index contributed by atoms with van der Waals surface area (Å²) in [6, 6.07) is 0. The molecule has 0 bridgehead atoms. The lowest BCUT2D eigenvalue weighted by atomic mass is 10.1. The van der Waals surface area contributed by atoms with E-state index in [1.54, 1.807) is 0 Å². The normalized spacial score (nSPS) is 31.4. The van der Waals surface area contributed by atoms with Gasteiger partial charge in [-0.05, 0) is 0 Å². The Labute approximate surface area is 60.1 Å². The maximum absolute atomic E-state index is 10.8. The van der Waals surface area contributed by atoms with Gasteiger partial charge >= 0.3 is 7.00 Å². The van der Waals surface area contributed by atoms with Crippen LogP contribution >= 0.6 is 18.4 Å². The van der Waals surface area contributed by atoms with E-state index in [9.17, 15) is 4.57 Å². The SMILES string of the molecule is C#CC1CC[P+](=O)SC1. The van der Waals surface area contributed by atoms with E-state index in [-0.39, 0.29) is 0 Å². The molecule has 1 nitrogen and oxygen atoms in total. The summed E-state index contributed by atoms with van der Waals surface area (Å²) in [5, 5.41) is 0. The van der Waals surface area contributed by atoms with Gasteiger partial charge in [0.25, 0.3) is 0 Å². The molecule has 48 valence electrons. The molecule has 0 aromatic rings. The summed E-state index contributed by atoms with van der Waals surface area (Å²) in [5.74, 6) is 3.95. The minimum atomic E-state index is -0.953. The molecule has 0 aromatic heterocycles. The van der Waals surface area contributed by atoms with Crippen LogP contribution in [-0.2, 0) is 4.57 Å². The van der Waals surface area contributed by atoms with Gasteiger partial charge in [-0.25, -0.2) is 0 Å². The predicted octanol–water partition coefficient (Wildman–Crippen LogP) is 2.12. The standard InChI is InChI=1S/C6H8OPS/c1-2-6-3-4-8(7)9-5-6/h1,6H,3-5H2/q+1. The molecule has 0 aliphatic carbocycles. The monoisotopic (exact) mass is 159 g/mol. The molecule has 1 heterocycles. The van der Waals surface area contributed by atoms with Crippen molar-refractivity contribution < 1.29 is 4.57 Å². The molecule has 0 N–H and O–H groups in total. The van der Waals surface area contributed by atoms with Gasteiger partial charge in [-0.15, -0.1) is 12.3 Å². The summed E-state index contributed by atoms with van der Waals surface area (Å²) >= 11 is 1.52. The maximum Gasteiger partial charge on any atom is 0.410 e. The van der Waals surface area contributed by atoms with Gasteiger partial charge < -0.3 is 0 Å². The topological polar surface area (TPSA) is 17.1 Å². The maximum atomic E-state index is 10.8. The zero-order chi connectivity index (χ0) is 6.69. The molecule has 1 fully saturated rings. The lowest BCUT2D eigenvalue weighted by Crippen LogP contribution is -2.05. The van der Waals surface area contributed by atoms with Crippen molar-refractivity contribution in [3.05, 3.63) is 0 Å². The fourth-order valence-corrected chi connectivity index (χ4v) is 3.72. The van der Waals surface area contributed by atoms with Gasteiger partial charge in [-0.2, -0.15) is 0 Å². The second-order valence-corrected chi connectivity index (χ2v) is 5.70. The fourth-order valence-electron chi connectivity index (χ4n) is 0.714. The van der Waals surface area contributed by atoms with Crippen molar-refractivity contribution in [3.8, 4) is 12.3 Å². The third kappa shape index (κ3) is 2.01. The molecule has 1 aliphatic heterocycles. The Kier molecular flexibility index (Phi) is 2.57. The van der Waals surface area contributed by atoms with Gasteiger partial charge in [0.15, 0.2) is 6.16 Å². The summed E-state index contributed by atoms with van der Waals surface area (Å²) in [4.78, 5) is 0. The summed E-state index contributed by atoms with van der Waals surface area (Å²) in [6.45, 7) is 0. The van der Waals surface area contributed by atoms with Gasteiger partial charge in [0.2, 0.25) is 0 Å². The molecule has 0 aromatic carbocycles. The molecule has 0 radical (unpaired) electrons. The van der Waals surface area contributed by atoms with Crippen LogP contribution in [0.25, 0.3) is 0 Å². The summed E-state index contributed by atoms with van der Waals surface area (Å²) in [6.07, 6.45) is 6.96. The quantitative estimate of drug-likeness (QED) is 0.397. The molecule has 2 unspecified atom stereocenters. The van der Waals surface area contributed by atoms with Crippen LogP contribution in [0.3, 0.4) is 0 Å². The predicted molar refractivity (Wildman–Crippen MR) is 41.9 cm³/mol. The van der Waals surface area contributed by atoms with Gasteiger partial charge in [0.1, 0.15) is 11.4 Å². The minimum absolute atomic E-state index is 0.377. The Hall–Kier alpha value is 0.01000. The molecular weight excluding hydrogens is 151 g/mol. The van der Waals surface area contributed by atoms with Crippen molar-refractivity contribution in [2.24, 2.45) is 5.92 Å². The first-order valence-corrected chi connectivity index (χ1v) is 5.90. The molecule has 1 aliphatic rings. The van der Waals surface area contributed by atoms with Crippen molar-refractivity contribution in [2.75, 3.05) is 11.9 Å².